The summed E-state index contributed by atoms with van der Waals surface area (Å²) in [4.78, 5) is 18.5. The van der Waals surface area contributed by atoms with E-state index in [9.17, 15) is 4.79 Å². The van der Waals surface area contributed by atoms with E-state index in [2.05, 4.69) is 83.5 Å². The highest BCUT2D eigenvalue weighted by atomic mass is 16.5. The molecule has 3 aromatic carbocycles. The van der Waals surface area contributed by atoms with E-state index in [1.807, 2.05) is 12.1 Å². The van der Waals surface area contributed by atoms with Gasteiger partial charge in [-0.05, 0) is 54.5 Å². The fraction of sp³-hybridized carbons (Fsp3) is 0.424. The molecule has 0 unspecified atom stereocenters. The van der Waals surface area contributed by atoms with Crippen molar-refractivity contribution in [1.29, 1.82) is 0 Å². The third kappa shape index (κ3) is 6.42. The first-order chi connectivity index (χ1) is 18.1. The van der Waals surface area contributed by atoms with E-state index in [1.54, 1.807) is 7.11 Å². The van der Waals surface area contributed by atoms with Gasteiger partial charge in [0.05, 0.1) is 7.11 Å². The van der Waals surface area contributed by atoms with Crippen molar-refractivity contribution < 1.29 is 9.53 Å². The topological polar surface area (TPSA) is 32.8 Å². The lowest BCUT2D eigenvalue weighted by molar-refractivity contribution is -0.136. The molecule has 0 N–H and O–H groups in total. The molecule has 2 atom stereocenters. The summed E-state index contributed by atoms with van der Waals surface area (Å²) in [6, 6.07) is 27.9. The molecule has 1 saturated heterocycles. The zero-order valence-corrected chi connectivity index (χ0v) is 22.3. The summed E-state index contributed by atoms with van der Waals surface area (Å²) in [5.41, 5.74) is 5.16. The first-order valence-electron chi connectivity index (χ1n) is 13.8. The summed E-state index contributed by atoms with van der Waals surface area (Å²) in [6.45, 7) is 6.52. The van der Waals surface area contributed by atoms with Crippen LogP contribution in [0.15, 0.2) is 78.9 Å². The van der Waals surface area contributed by atoms with E-state index in [1.165, 1.54) is 35.1 Å². The third-order valence-electron chi connectivity index (χ3n) is 8.25. The van der Waals surface area contributed by atoms with E-state index in [4.69, 9.17) is 4.74 Å². The van der Waals surface area contributed by atoms with Crippen molar-refractivity contribution >= 4 is 5.91 Å². The first-order valence-corrected chi connectivity index (χ1v) is 13.8. The zero-order valence-electron chi connectivity index (χ0n) is 22.3. The van der Waals surface area contributed by atoms with Gasteiger partial charge in [-0.1, -0.05) is 85.1 Å². The summed E-state index contributed by atoms with van der Waals surface area (Å²) < 4.78 is 5.57. The summed E-state index contributed by atoms with van der Waals surface area (Å²) >= 11 is 0. The minimum atomic E-state index is 0.184. The zero-order chi connectivity index (χ0) is 25.6. The highest BCUT2D eigenvalue weighted by Gasteiger charge is 2.37. The third-order valence-corrected chi connectivity index (χ3v) is 8.25. The number of amides is 1. The highest BCUT2D eigenvalue weighted by molar-refractivity contribution is 5.79. The van der Waals surface area contributed by atoms with Crippen molar-refractivity contribution in [2.24, 2.45) is 11.8 Å². The van der Waals surface area contributed by atoms with E-state index < -0.39 is 0 Å². The Hall–Kier alpha value is -3.11. The molecule has 4 heteroatoms. The molecule has 0 spiro atoms. The molecule has 1 aliphatic heterocycles. The minimum absolute atomic E-state index is 0.184. The Kier molecular flexibility index (Phi) is 8.25. The van der Waals surface area contributed by atoms with Crippen LogP contribution in [0.2, 0.25) is 0 Å². The monoisotopic (exact) mass is 496 g/mol. The van der Waals surface area contributed by atoms with Crippen molar-refractivity contribution in [3.8, 4) is 5.75 Å². The van der Waals surface area contributed by atoms with Gasteiger partial charge in [0.15, 0.2) is 0 Å². The van der Waals surface area contributed by atoms with Crippen LogP contribution in [-0.4, -0.2) is 42.5 Å². The van der Waals surface area contributed by atoms with Gasteiger partial charge in [-0.25, -0.2) is 0 Å². The Morgan fingerprint density at radius 2 is 1.68 bits per heavy atom. The van der Waals surface area contributed by atoms with Gasteiger partial charge >= 0.3 is 0 Å². The first kappa shape index (κ1) is 25.5. The van der Waals surface area contributed by atoms with Gasteiger partial charge in [-0.2, -0.15) is 0 Å². The number of methoxy groups -OCH3 is 1. The Balaban J connectivity index is 1.40. The lowest BCUT2D eigenvalue weighted by Crippen LogP contribution is -2.40. The Morgan fingerprint density at radius 1 is 0.919 bits per heavy atom. The molecule has 1 saturated carbocycles. The van der Waals surface area contributed by atoms with Crippen LogP contribution in [0.3, 0.4) is 0 Å². The van der Waals surface area contributed by atoms with Crippen LogP contribution in [-0.2, 0) is 17.9 Å². The van der Waals surface area contributed by atoms with Crippen molar-refractivity contribution in [3.63, 3.8) is 0 Å². The predicted molar refractivity (Wildman–Crippen MR) is 149 cm³/mol. The minimum Gasteiger partial charge on any atom is -0.497 e. The summed E-state index contributed by atoms with van der Waals surface area (Å²) in [5, 5.41) is 0. The summed E-state index contributed by atoms with van der Waals surface area (Å²) in [5.74, 6) is 2.16. The van der Waals surface area contributed by atoms with Crippen LogP contribution in [0.5, 0.6) is 5.75 Å². The van der Waals surface area contributed by atoms with Crippen LogP contribution in [0.1, 0.15) is 53.9 Å². The molecule has 1 heterocycles. The molecular weight excluding hydrogens is 456 g/mol. The molecule has 3 aromatic rings. The lowest BCUT2D eigenvalue weighted by atomic mass is 9.88. The van der Waals surface area contributed by atoms with Crippen LogP contribution >= 0.6 is 0 Å². The van der Waals surface area contributed by atoms with Gasteiger partial charge in [0.1, 0.15) is 5.75 Å². The van der Waals surface area contributed by atoms with Crippen molar-refractivity contribution in [2.45, 2.75) is 51.6 Å². The normalized spacial score (nSPS) is 20.3. The Morgan fingerprint density at radius 3 is 2.41 bits per heavy atom. The standard InChI is InChI=1S/C33H40N2O2/c1-25-15-17-27(18-16-25)20-34-22-30(32(24-34)29-13-8-14-31(19-29)37-2)23-35(21-26-9-4-3-5-10-26)33(36)28-11-6-7-12-28/h3-5,8-10,13-19,28,30,32H,6-7,11-12,20-24H2,1-2H3/t30-,32-/m1/s1. The van der Waals surface area contributed by atoms with Crippen LogP contribution in [0, 0.1) is 18.8 Å². The van der Waals surface area contributed by atoms with Gasteiger partial charge in [-0.15, -0.1) is 0 Å². The van der Waals surface area contributed by atoms with Gasteiger partial charge < -0.3 is 9.64 Å². The number of hydrogen-bond acceptors (Lipinski definition) is 3. The SMILES string of the molecule is COc1cccc([C@H]2CN(Cc3ccc(C)cc3)C[C@@H]2CN(Cc2ccccc2)C(=O)C2CCCC2)c1. The Labute approximate surface area is 222 Å². The summed E-state index contributed by atoms with van der Waals surface area (Å²) in [7, 11) is 1.73. The molecule has 1 amide bonds. The van der Waals surface area contributed by atoms with Crippen molar-refractivity contribution in [2.75, 3.05) is 26.7 Å². The number of nitrogens with zero attached hydrogens (tertiary/aromatic N) is 2. The number of hydrogen-bond donors (Lipinski definition) is 0. The van der Waals surface area contributed by atoms with Crippen LogP contribution in [0.25, 0.3) is 0 Å². The van der Waals surface area contributed by atoms with Crippen molar-refractivity contribution in [3.05, 3.63) is 101 Å². The number of likely N-dealkylation sites (tertiary alicyclic amines) is 1. The number of rotatable bonds is 9. The van der Waals surface area contributed by atoms with Crippen LogP contribution in [0.4, 0.5) is 0 Å². The molecule has 0 radical (unpaired) electrons. The maximum atomic E-state index is 13.8. The Bertz CT molecular complexity index is 1150. The number of carbonyl (C=O) groups is 1. The molecule has 5 rings (SSSR count). The predicted octanol–water partition coefficient (Wildman–Crippen LogP) is 6.44. The number of carbonyl (C=O) groups excluding carboxylic acids is 1. The lowest BCUT2D eigenvalue weighted by Gasteiger charge is -2.31. The molecule has 0 bridgehead atoms. The van der Waals surface area contributed by atoms with Gasteiger partial charge in [0.25, 0.3) is 0 Å². The van der Waals surface area contributed by atoms with Crippen molar-refractivity contribution in [1.82, 2.24) is 9.80 Å². The van der Waals surface area contributed by atoms with E-state index in [0.717, 1.165) is 44.8 Å². The van der Waals surface area contributed by atoms with Gasteiger partial charge in [0.2, 0.25) is 5.91 Å². The average Bonchev–Trinajstić information content (AvgIpc) is 3.60. The second kappa shape index (κ2) is 12.0. The van der Waals surface area contributed by atoms with Gasteiger partial charge in [0, 0.05) is 44.6 Å². The fourth-order valence-corrected chi connectivity index (χ4v) is 6.23. The summed E-state index contributed by atoms with van der Waals surface area (Å²) in [6.07, 6.45) is 4.42. The molecule has 0 aromatic heterocycles. The number of aryl methyl sites for hydroxylation is 1. The molecule has 2 fully saturated rings. The van der Waals surface area contributed by atoms with E-state index in [-0.39, 0.29) is 5.92 Å². The maximum Gasteiger partial charge on any atom is 0.225 e. The second-order valence-electron chi connectivity index (χ2n) is 11.0. The van der Waals surface area contributed by atoms with E-state index >= 15 is 0 Å². The average molecular weight is 497 g/mol. The molecule has 37 heavy (non-hydrogen) atoms. The fourth-order valence-electron chi connectivity index (χ4n) is 6.23. The number of benzene rings is 3. The molecule has 1 aliphatic carbocycles. The van der Waals surface area contributed by atoms with E-state index in [0.29, 0.717) is 24.3 Å². The molecular formula is C33H40N2O2. The second-order valence-corrected chi connectivity index (χ2v) is 11.0. The molecule has 4 nitrogen and oxygen atoms in total. The highest BCUT2D eigenvalue weighted by Crippen LogP contribution is 2.37. The molecule has 194 valence electrons. The van der Waals surface area contributed by atoms with Gasteiger partial charge in [-0.3, -0.25) is 9.69 Å². The van der Waals surface area contributed by atoms with Crippen LogP contribution < -0.4 is 4.74 Å². The maximum absolute atomic E-state index is 13.8. The smallest absolute Gasteiger partial charge is 0.225 e. The number of ether oxygens (including phenoxy) is 1. The molecule has 2 aliphatic rings. The largest absolute Gasteiger partial charge is 0.497 e. The quantitative estimate of drug-likeness (QED) is 0.342.